The molecule has 2 atom stereocenters. The van der Waals surface area contributed by atoms with Gasteiger partial charge in [-0.05, 0) is 17.7 Å². The van der Waals surface area contributed by atoms with Crippen molar-refractivity contribution in [2.75, 3.05) is 7.11 Å². The van der Waals surface area contributed by atoms with Gasteiger partial charge in [-0.3, -0.25) is 4.79 Å². The van der Waals surface area contributed by atoms with E-state index in [4.69, 9.17) is 9.84 Å². The molecule has 0 saturated carbocycles. The fraction of sp³-hybridized carbons (Fsp3) is 0.333. The molecular formula is C12H12F3NO5. The van der Waals surface area contributed by atoms with Crippen LogP contribution in [-0.2, 0) is 9.59 Å². The number of carbonyl (C=O) groups is 2. The minimum atomic E-state index is -5.24. The summed E-state index contributed by atoms with van der Waals surface area (Å²) in [5.74, 6) is -3.82. The van der Waals surface area contributed by atoms with Gasteiger partial charge in [0.25, 0.3) is 0 Å². The van der Waals surface area contributed by atoms with Crippen molar-refractivity contribution in [3.05, 3.63) is 29.8 Å². The van der Waals surface area contributed by atoms with Crippen LogP contribution in [0.15, 0.2) is 24.3 Å². The number of halogens is 3. The SMILES string of the molecule is COc1ccc(C(O)C(NC(=O)C(F)(F)F)C(=O)O)cc1. The van der Waals surface area contributed by atoms with Crippen molar-refractivity contribution in [1.29, 1.82) is 0 Å². The number of methoxy groups -OCH3 is 1. The number of carboxylic acids is 1. The molecule has 0 aliphatic rings. The zero-order valence-electron chi connectivity index (χ0n) is 10.7. The highest BCUT2D eigenvalue weighted by Crippen LogP contribution is 2.22. The molecule has 0 aliphatic carbocycles. The average Bonchev–Trinajstić information content (AvgIpc) is 2.42. The van der Waals surface area contributed by atoms with Crippen molar-refractivity contribution >= 4 is 11.9 Å². The maximum Gasteiger partial charge on any atom is 0.471 e. The molecule has 0 radical (unpaired) electrons. The Kier molecular flexibility index (Phi) is 5.14. The first-order chi connectivity index (χ1) is 9.66. The van der Waals surface area contributed by atoms with Crippen LogP contribution in [0.3, 0.4) is 0 Å². The van der Waals surface area contributed by atoms with E-state index in [-0.39, 0.29) is 5.56 Å². The Morgan fingerprint density at radius 2 is 1.76 bits per heavy atom. The van der Waals surface area contributed by atoms with Crippen molar-refractivity contribution in [1.82, 2.24) is 5.32 Å². The summed E-state index contributed by atoms with van der Waals surface area (Å²) in [6.07, 6.45) is -7.09. The van der Waals surface area contributed by atoms with Crippen LogP contribution in [0.4, 0.5) is 13.2 Å². The van der Waals surface area contributed by atoms with E-state index in [1.807, 2.05) is 0 Å². The fourth-order valence-corrected chi connectivity index (χ4v) is 1.49. The molecule has 0 spiro atoms. The number of aliphatic hydroxyl groups excluding tert-OH is 1. The van der Waals surface area contributed by atoms with Crippen molar-refractivity contribution in [3.63, 3.8) is 0 Å². The highest BCUT2D eigenvalue weighted by atomic mass is 19.4. The zero-order chi connectivity index (χ0) is 16.2. The third-order valence-electron chi connectivity index (χ3n) is 2.58. The van der Waals surface area contributed by atoms with Gasteiger partial charge < -0.3 is 20.3 Å². The highest BCUT2D eigenvalue weighted by Gasteiger charge is 2.42. The van der Waals surface area contributed by atoms with Crippen LogP contribution in [0, 0.1) is 0 Å². The molecule has 1 rings (SSSR count). The van der Waals surface area contributed by atoms with E-state index in [9.17, 15) is 27.9 Å². The smallest absolute Gasteiger partial charge is 0.471 e. The number of rotatable bonds is 5. The fourth-order valence-electron chi connectivity index (χ4n) is 1.49. The second kappa shape index (κ2) is 6.44. The van der Waals surface area contributed by atoms with Gasteiger partial charge in [-0.25, -0.2) is 4.79 Å². The van der Waals surface area contributed by atoms with Gasteiger partial charge in [0.2, 0.25) is 0 Å². The summed E-state index contributed by atoms with van der Waals surface area (Å²) in [5, 5.41) is 19.9. The molecule has 1 aromatic rings. The molecule has 6 nitrogen and oxygen atoms in total. The summed E-state index contributed by atoms with van der Waals surface area (Å²) in [5.41, 5.74) is 0.0191. The summed E-state index contributed by atoms with van der Waals surface area (Å²) in [6.45, 7) is 0. The van der Waals surface area contributed by atoms with Crippen LogP contribution in [0.1, 0.15) is 11.7 Å². The monoisotopic (exact) mass is 307 g/mol. The molecule has 21 heavy (non-hydrogen) atoms. The first-order valence-electron chi connectivity index (χ1n) is 5.59. The Balaban J connectivity index is 2.94. The number of benzene rings is 1. The lowest BCUT2D eigenvalue weighted by atomic mass is 10.0. The zero-order valence-corrected chi connectivity index (χ0v) is 10.7. The average molecular weight is 307 g/mol. The lowest BCUT2D eigenvalue weighted by Gasteiger charge is -2.21. The van der Waals surface area contributed by atoms with Crippen LogP contribution in [-0.4, -0.2) is 41.4 Å². The van der Waals surface area contributed by atoms with Gasteiger partial charge >= 0.3 is 18.1 Å². The van der Waals surface area contributed by atoms with Crippen LogP contribution in [0.2, 0.25) is 0 Å². The number of carboxylic acid groups (broad SMARTS) is 1. The van der Waals surface area contributed by atoms with Crippen molar-refractivity contribution in [2.24, 2.45) is 0 Å². The van der Waals surface area contributed by atoms with Gasteiger partial charge in [0.1, 0.15) is 11.9 Å². The quantitative estimate of drug-likeness (QED) is 0.750. The summed E-state index contributed by atoms with van der Waals surface area (Å²) in [7, 11) is 1.38. The van der Waals surface area contributed by atoms with Gasteiger partial charge in [-0.1, -0.05) is 12.1 Å². The number of ether oxygens (including phenoxy) is 1. The Morgan fingerprint density at radius 3 is 2.14 bits per heavy atom. The van der Waals surface area contributed by atoms with E-state index < -0.39 is 30.2 Å². The number of hydrogen-bond donors (Lipinski definition) is 3. The van der Waals surface area contributed by atoms with Crippen LogP contribution < -0.4 is 10.1 Å². The molecule has 0 heterocycles. The Labute approximate surface area is 117 Å². The molecule has 9 heteroatoms. The minimum Gasteiger partial charge on any atom is -0.497 e. The standard InChI is InChI=1S/C12H12F3NO5/c1-21-7-4-2-6(3-5-7)9(17)8(10(18)19)16-11(20)12(13,14)15/h2-5,8-9,17H,1H3,(H,16,20)(H,18,19). The summed E-state index contributed by atoms with van der Waals surface area (Å²) >= 11 is 0. The summed E-state index contributed by atoms with van der Waals surface area (Å²) in [4.78, 5) is 21.7. The number of hydrogen-bond acceptors (Lipinski definition) is 4. The number of alkyl halides is 3. The number of amides is 1. The van der Waals surface area contributed by atoms with Crippen LogP contribution in [0.5, 0.6) is 5.75 Å². The second-order valence-electron chi connectivity index (χ2n) is 4.01. The minimum absolute atomic E-state index is 0.0191. The second-order valence-corrected chi connectivity index (χ2v) is 4.01. The van der Waals surface area contributed by atoms with E-state index in [1.165, 1.54) is 36.7 Å². The third kappa shape index (κ3) is 4.35. The van der Waals surface area contributed by atoms with E-state index in [0.29, 0.717) is 5.75 Å². The van der Waals surface area contributed by atoms with Crippen LogP contribution in [0.25, 0.3) is 0 Å². The molecule has 2 unspecified atom stereocenters. The Bertz CT molecular complexity index is 515. The normalized spacial score (nSPS) is 14.1. The van der Waals surface area contributed by atoms with E-state index in [2.05, 4.69) is 0 Å². The maximum absolute atomic E-state index is 12.1. The molecule has 0 aliphatic heterocycles. The molecule has 1 amide bonds. The predicted octanol–water partition coefficient (Wildman–Crippen LogP) is 0.860. The molecule has 0 fully saturated rings. The van der Waals surface area contributed by atoms with E-state index in [0.717, 1.165) is 0 Å². The number of aliphatic hydroxyl groups is 1. The molecule has 0 bridgehead atoms. The number of nitrogens with one attached hydrogen (secondary N) is 1. The Morgan fingerprint density at radius 1 is 1.24 bits per heavy atom. The molecule has 0 saturated heterocycles. The third-order valence-corrected chi connectivity index (χ3v) is 2.58. The lowest BCUT2D eigenvalue weighted by molar-refractivity contribution is -0.176. The molecule has 3 N–H and O–H groups in total. The van der Waals surface area contributed by atoms with Crippen molar-refractivity contribution in [2.45, 2.75) is 18.3 Å². The van der Waals surface area contributed by atoms with Crippen molar-refractivity contribution in [3.8, 4) is 5.75 Å². The Hall–Kier alpha value is -2.29. The van der Waals surface area contributed by atoms with Gasteiger partial charge in [-0.15, -0.1) is 0 Å². The molecule has 1 aromatic carbocycles. The van der Waals surface area contributed by atoms with Crippen molar-refractivity contribution < 1.29 is 37.7 Å². The maximum atomic E-state index is 12.1. The largest absolute Gasteiger partial charge is 0.497 e. The van der Waals surface area contributed by atoms with Gasteiger partial charge in [0.15, 0.2) is 6.04 Å². The predicted molar refractivity (Wildman–Crippen MR) is 63.6 cm³/mol. The summed E-state index contributed by atoms with van der Waals surface area (Å²) in [6, 6.07) is 3.21. The number of aliphatic carboxylic acids is 1. The highest BCUT2D eigenvalue weighted by molar-refractivity contribution is 5.87. The summed E-state index contributed by atoms with van der Waals surface area (Å²) < 4.78 is 41.3. The van der Waals surface area contributed by atoms with Gasteiger partial charge in [0.05, 0.1) is 7.11 Å². The molecule has 116 valence electrons. The van der Waals surface area contributed by atoms with E-state index in [1.54, 1.807) is 0 Å². The van der Waals surface area contributed by atoms with Gasteiger partial charge in [-0.2, -0.15) is 13.2 Å². The molecular weight excluding hydrogens is 295 g/mol. The lowest BCUT2D eigenvalue weighted by Crippen LogP contribution is -2.49. The number of carbonyl (C=O) groups excluding carboxylic acids is 1. The topological polar surface area (TPSA) is 95.9 Å². The van der Waals surface area contributed by atoms with Gasteiger partial charge in [0, 0.05) is 0 Å². The first kappa shape index (κ1) is 16.8. The van der Waals surface area contributed by atoms with Crippen LogP contribution >= 0.6 is 0 Å². The molecule has 0 aromatic heterocycles. The first-order valence-corrected chi connectivity index (χ1v) is 5.59. The van der Waals surface area contributed by atoms with E-state index >= 15 is 0 Å².